The number of carboxylic acid groups (broad SMARTS) is 1. The van der Waals surface area contributed by atoms with Crippen LogP contribution in [0.3, 0.4) is 0 Å². The molecule has 6 nitrogen and oxygen atoms in total. The molecule has 0 radical (unpaired) electrons. The maximum Gasteiger partial charge on any atom is 0.371 e. The summed E-state index contributed by atoms with van der Waals surface area (Å²) in [6.07, 6.45) is 0. The van der Waals surface area contributed by atoms with E-state index in [2.05, 4.69) is 4.72 Å². The van der Waals surface area contributed by atoms with Crippen LogP contribution in [0.4, 0.5) is 0 Å². The molecule has 2 aromatic rings. The zero-order chi connectivity index (χ0) is 14.0. The largest absolute Gasteiger partial charge is 0.475 e. The van der Waals surface area contributed by atoms with Gasteiger partial charge in [-0.1, -0.05) is 0 Å². The number of sulfonamides is 1. The molecule has 2 aromatic heterocycles. The highest BCUT2D eigenvalue weighted by Crippen LogP contribution is 2.20. The number of thiophene rings is 1. The lowest BCUT2D eigenvalue weighted by atomic mass is 10.2. The number of carbonyl (C=O) groups is 1. The SMILES string of the molecule is CC(NS(=O)(=O)c1ccc(C(=O)O)o1)c1ccsc1. The molecule has 0 spiro atoms. The molecule has 102 valence electrons. The molecule has 8 heteroatoms. The van der Waals surface area contributed by atoms with Crippen LogP contribution in [0, 0.1) is 0 Å². The van der Waals surface area contributed by atoms with E-state index in [0.29, 0.717) is 0 Å². The van der Waals surface area contributed by atoms with Crippen LogP contribution < -0.4 is 4.72 Å². The van der Waals surface area contributed by atoms with Gasteiger partial charge in [-0.15, -0.1) is 0 Å². The smallest absolute Gasteiger partial charge is 0.371 e. The van der Waals surface area contributed by atoms with Gasteiger partial charge in [0.1, 0.15) is 0 Å². The van der Waals surface area contributed by atoms with Gasteiger partial charge in [-0.25, -0.2) is 17.9 Å². The van der Waals surface area contributed by atoms with E-state index in [-0.39, 0.29) is 0 Å². The van der Waals surface area contributed by atoms with Crippen molar-refractivity contribution in [2.24, 2.45) is 0 Å². The first-order valence-corrected chi connectivity index (χ1v) is 7.70. The van der Waals surface area contributed by atoms with E-state index in [9.17, 15) is 13.2 Å². The standard InChI is InChI=1S/C11H11NO5S2/c1-7(8-4-5-18-6-8)12-19(15,16)10-3-2-9(17-10)11(13)14/h2-7,12H,1H3,(H,13,14). The van der Waals surface area contributed by atoms with Gasteiger partial charge in [0.15, 0.2) is 0 Å². The molecule has 2 heterocycles. The molecule has 1 atom stereocenters. The highest BCUT2D eigenvalue weighted by molar-refractivity contribution is 7.89. The van der Waals surface area contributed by atoms with Crippen LogP contribution in [-0.4, -0.2) is 19.5 Å². The Morgan fingerprint density at radius 1 is 1.42 bits per heavy atom. The van der Waals surface area contributed by atoms with E-state index in [0.717, 1.165) is 17.7 Å². The summed E-state index contributed by atoms with van der Waals surface area (Å²) in [5.41, 5.74) is 0.832. The number of hydrogen-bond donors (Lipinski definition) is 2. The lowest BCUT2D eigenvalue weighted by molar-refractivity contribution is 0.0656. The Kier molecular flexibility index (Phi) is 3.74. The number of carboxylic acids is 1. The normalized spacial score (nSPS) is 13.3. The Balaban J connectivity index is 2.20. The van der Waals surface area contributed by atoms with Crippen molar-refractivity contribution >= 4 is 27.3 Å². The van der Waals surface area contributed by atoms with Crippen molar-refractivity contribution in [3.8, 4) is 0 Å². The zero-order valence-electron chi connectivity index (χ0n) is 9.86. The third kappa shape index (κ3) is 3.03. The van der Waals surface area contributed by atoms with Crippen molar-refractivity contribution in [2.75, 3.05) is 0 Å². The van der Waals surface area contributed by atoms with Crippen molar-refractivity contribution in [1.29, 1.82) is 0 Å². The average molecular weight is 301 g/mol. The summed E-state index contributed by atoms with van der Waals surface area (Å²) < 4.78 is 31.2. The molecule has 0 fully saturated rings. The minimum Gasteiger partial charge on any atom is -0.475 e. The van der Waals surface area contributed by atoms with Crippen LogP contribution in [0.25, 0.3) is 0 Å². The Labute approximate surface area is 113 Å². The second-order valence-electron chi connectivity index (χ2n) is 3.82. The van der Waals surface area contributed by atoms with Gasteiger partial charge in [0.2, 0.25) is 10.9 Å². The minimum absolute atomic E-state index is 0.410. The summed E-state index contributed by atoms with van der Waals surface area (Å²) in [6, 6.07) is 3.61. The van der Waals surface area contributed by atoms with Crippen LogP contribution in [0.15, 0.2) is 38.5 Å². The van der Waals surface area contributed by atoms with Gasteiger partial charge < -0.3 is 9.52 Å². The molecule has 0 amide bonds. The number of nitrogens with one attached hydrogen (secondary N) is 1. The van der Waals surface area contributed by atoms with Crippen molar-refractivity contribution < 1.29 is 22.7 Å². The van der Waals surface area contributed by atoms with E-state index >= 15 is 0 Å². The molecule has 2 N–H and O–H groups in total. The molecule has 0 aliphatic heterocycles. The quantitative estimate of drug-likeness (QED) is 0.881. The first-order chi connectivity index (χ1) is 8.90. The molecule has 1 unspecified atom stereocenters. The Bertz CT molecular complexity index is 672. The van der Waals surface area contributed by atoms with Crippen molar-refractivity contribution in [3.05, 3.63) is 40.3 Å². The molecular formula is C11H11NO5S2. The summed E-state index contributed by atoms with van der Waals surface area (Å²) in [7, 11) is -3.87. The lowest BCUT2D eigenvalue weighted by Crippen LogP contribution is -2.26. The van der Waals surface area contributed by atoms with Gasteiger partial charge in [0.05, 0.1) is 0 Å². The molecule has 0 aliphatic carbocycles. The van der Waals surface area contributed by atoms with Gasteiger partial charge >= 0.3 is 5.97 Å². The predicted molar refractivity (Wildman–Crippen MR) is 68.7 cm³/mol. The Morgan fingerprint density at radius 2 is 2.16 bits per heavy atom. The van der Waals surface area contributed by atoms with Gasteiger partial charge in [0.25, 0.3) is 10.0 Å². The van der Waals surface area contributed by atoms with Crippen molar-refractivity contribution in [3.63, 3.8) is 0 Å². The number of aromatic carboxylic acids is 1. The van der Waals surface area contributed by atoms with Gasteiger partial charge in [-0.05, 0) is 41.4 Å². The highest BCUT2D eigenvalue weighted by atomic mass is 32.2. The molecule has 2 rings (SSSR count). The molecule has 0 aromatic carbocycles. The van der Waals surface area contributed by atoms with E-state index in [4.69, 9.17) is 9.52 Å². The van der Waals surface area contributed by atoms with Crippen LogP contribution in [0.5, 0.6) is 0 Å². The Hall–Kier alpha value is -1.64. The maximum atomic E-state index is 12.0. The van der Waals surface area contributed by atoms with E-state index < -0.39 is 32.9 Å². The Morgan fingerprint density at radius 3 is 2.68 bits per heavy atom. The molecule has 0 saturated heterocycles. The minimum atomic E-state index is -3.87. The van der Waals surface area contributed by atoms with E-state index in [1.54, 1.807) is 6.92 Å². The summed E-state index contributed by atoms with van der Waals surface area (Å²) >= 11 is 1.46. The molecule has 0 bridgehead atoms. The summed E-state index contributed by atoms with van der Waals surface area (Å²) in [4.78, 5) is 10.6. The monoisotopic (exact) mass is 301 g/mol. The van der Waals surface area contributed by atoms with Crippen LogP contribution in [0.1, 0.15) is 29.1 Å². The molecular weight excluding hydrogens is 290 g/mol. The van der Waals surface area contributed by atoms with Crippen LogP contribution in [-0.2, 0) is 10.0 Å². The topological polar surface area (TPSA) is 96.6 Å². The van der Waals surface area contributed by atoms with E-state index in [1.165, 1.54) is 11.3 Å². The first-order valence-electron chi connectivity index (χ1n) is 5.28. The fraction of sp³-hybridized carbons (Fsp3) is 0.182. The third-order valence-corrected chi connectivity index (χ3v) is 4.55. The van der Waals surface area contributed by atoms with Crippen LogP contribution in [0.2, 0.25) is 0 Å². The van der Waals surface area contributed by atoms with Crippen LogP contribution >= 0.6 is 11.3 Å². The zero-order valence-corrected chi connectivity index (χ0v) is 11.5. The number of furan rings is 1. The number of rotatable bonds is 5. The molecule has 0 saturated carbocycles. The average Bonchev–Trinajstić information content (AvgIpc) is 3.00. The highest BCUT2D eigenvalue weighted by Gasteiger charge is 2.23. The van der Waals surface area contributed by atoms with Crippen molar-refractivity contribution in [1.82, 2.24) is 4.72 Å². The maximum absolute atomic E-state index is 12.0. The fourth-order valence-corrected chi connectivity index (χ4v) is 3.38. The lowest BCUT2D eigenvalue weighted by Gasteiger charge is -2.11. The van der Waals surface area contributed by atoms with Crippen molar-refractivity contribution in [2.45, 2.75) is 18.1 Å². The molecule has 0 aliphatic rings. The fourth-order valence-electron chi connectivity index (χ4n) is 1.46. The van der Waals surface area contributed by atoms with Gasteiger partial charge in [-0.2, -0.15) is 11.3 Å². The van der Waals surface area contributed by atoms with Gasteiger partial charge in [0, 0.05) is 6.04 Å². The predicted octanol–water partition coefficient (Wildman–Crippen LogP) is 2.08. The second kappa shape index (κ2) is 5.16. The second-order valence-corrected chi connectivity index (χ2v) is 6.25. The van der Waals surface area contributed by atoms with E-state index in [1.807, 2.05) is 16.8 Å². The molecule has 19 heavy (non-hydrogen) atoms. The summed E-state index contributed by atoms with van der Waals surface area (Å²) in [5, 5.41) is 12.0. The first kappa shape index (κ1) is 13.8. The summed E-state index contributed by atoms with van der Waals surface area (Å²) in [5.74, 6) is -1.73. The summed E-state index contributed by atoms with van der Waals surface area (Å²) in [6.45, 7) is 1.70. The number of hydrogen-bond acceptors (Lipinski definition) is 5. The third-order valence-electron chi connectivity index (χ3n) is 2.43. The van der Waals surface area contributed by atoms with Gasteiger partial charge in [-0.3, -0.25) is 0 Å².